The van der Waals surface area contributed by atoms with Crippen molar-refractivity contribution >= 4 is 5.69 Å². The Morgan fingerprint density at radius 3 is 2.70 bits per heavy atom. The van der Waals surface area contributed by atoms with E-state index in [0.717, 1.165) is 38.4 Å². The molecule has 1 N–H and O–H groups in total. The molecule has 1 heterocycles. The molecule has 1 aliphatic heterocycles. The zero-order valence-electron chi connectivity index (χ0n) is 14.0. The summed E-state index contributed by atoms with van der Waals surface area (Å²) in [5.74, 6) is 0.767. The Labute approximate surface area is 137 Å². The molecule has 0 aliphatic carbocycles. The molecule has 0 radical (unpaired) electrons. The van der Waals surface area contributed by atoms with E-state index in [1.807, 2.05) is 0 Å². The molecule has 1 aromatic rings. The van der Waals surface area contributed by atoms with Crippen molar-refractivity contribution in [3.63, 3.8) is 0 Å². The quantitative estimate of drug-likeness (QED) is 0.616. The molecule has 0 bridgehead atoms. The number of likely N-dealkylation sites (tertiary alicyclic amines) is 1. The van der Waals surface area contributed by atoms with E-state index in [9.17, 15) is 15.2 Å². The number of hydrogen-bond acceptors (Lipinski definition) is 5. The third kappa shape index (κ3) is 5.57. The van der Waals surface area contributed by atoms with Gasteiger partial charge >= 0.3 is 0 Å². The summed E-state index contributed by atoms with van der Waals surface area (Å²) in [4.78, 5) is 14.9. The van der Waals surface area contributed by atoms with Crippen molar-refractivity contribution in [2.75, 3.05) is 40.3 Å². The minimum absolute atomic E-state index is 0.0314. The Hall–Kier alpha value is -1.50. The van der Waals surface area contributed by atoms with Gasteiger partial charge in [-0.05, 0) is 64.5 Å². The van der Waals surface area contributed by atoms with Crippen LogP contribution in [0.2, 0.25) is 0 Å². The number of nitrogens with zero attached hydrogens (tertiary/aromatic N) is 3. The maximum absolute atomic E-state index is 10.8. The van der Waals surface area contributed by atoms with E-state index in [0.29, 0.717) is 12.1 Å². The lowest BCUT2D eigenvalue weighted by molar-refractivity contribution is -0.385. The molecular weight excluding hydrogens is 294 g/mol. The monoisotopic (exact) mass is 321 g/mol. The number of hydrogen-bond donors (Lipinski definition) is 1. The highest BCUT2D eigenvalue weighted by Crippen LogP contribution is 2.24. The molecule has 1 atom stereocenters. The Bertz CT molecular complexity index is 514. The van der Waals surface area contributed by atoms with Gasteiger partial charge in [-0.15, -0.1) is 0 Å². The number of piperidine rings is 1. The van der Waals surface area contributed by atoms with Crippen LogP contribution in [0.15, 0.2) is 24.3 Å². The molecule has 2 rings (SSSR count). The smallest absolute Gasteiger partial charge is 0.269 e. The van der Waals surface area contributed by atoms with Crippen molar-refractivity contribution in [2.24, 2.45) is 5.92 Å². The van der Waals surface area contributed by atoms with Gasteiger partial charge in [0.15, 0.2) is 0 Å². The normalized spacial score (nSPS) is 18.3. The van der Waals surface area contributed by atoms with Crippen LogP contribution in [0.4, 0.5) is 5.69 Å². The number of non-ortho nitro benzene ring substituents is 1. The number of nitro benzene ring substituents is 1. The van der Waals surface area contributed by atoms with E-state index in [2.05, 4.69) is 23.9 Å². The van der Waals surface area contributed by atoms with Crippen LogP contribution in [0.25, 0.3) is 0 Å². The first-order valence-electron chi connectivity index (χ1n) is 8.25. The second-order valence-corrected chi connectivity index (χ2v) is 6.70. The first kappa shape index (κ1) is 17.8. The molecule has 0 spiro atoms. The fourth-order valence-corrected chi connectivity index (χ4v) is 3.09. The molecule has 1 unspecified atom stereocenters. The lowest BCUT2D eigenvalue weighted by atomic mass is 9.93. The summed E-state index contributed by atoms with van der Waals surface area (Å²) in [5, 5.41) is 21.2. The minimum atomic E-state index is -0.673. The van der Waals surface area contributed by atoms with Crippen molar-refractivity contribution in [1.82, 2.24) is 9.80 Å². The number of benzene rings is 1. The summed E-state index contributed by atoms with van der Waals surface area (Å²) in [5.41, 5.74) is 0.651. The van der Waals surface area contributed by atoms with Gasteiger partial charge in [0, 0.05) is 18.7 Å². The van der Waals surface area contributed by atoms with Crippen LogP contribution in [0.3, 0.4) is 0 Å². The minimum Gasteiger partial charge on any atom is -0.387 e. The summed E-state index contributed by atoms with van der Waals surface area (Å²) in [7, 11) is 4.20. The number of β-amino-alcohol motifs (C(OH)–C–C–N with tert-alkyl or cyclic N) is 1. The van der Waals surface area contributed by atoms with Crippen LogP contribution in [0.5, 0.6) is 0 Å². The van der Waals surface area contributed by atoms with E-state index in [4.69, 9.17) is 0 Å². The Morgan fingerprint density at radius 1 is 1.39 bits per heavy atom. The largest absolute Gasteiger partial charge is 0.387 e. The van der Waals surface area contributed by atoms with Gasteiger partial charge in [0.2, 0.25) is 0 Å². The molecule has 1 fully saturated rings. The van der Waals surface area contributed by atoms with Gasteiger partial charge in [0.1, 0.15) is 0 Å². The van der Waals surface area contributed by atoms with Gasteiger partial charge in [-0.2, -0.15) is 0 Å². The van der Waals surface area contributed by atoms with Crippen LogP contribution in [0.1, 0.15) is 30.9 Å². The van der Waals surface area contributed by atoms with Crippen LogP contribution in [-0.2, 0) is 0 Å². The van der Waals surface area contributed by atoms with Gasteiger partial charge in [-0.25, -0.2) is 0 Å². The van der Waals surface area contributed by atoms with E-state index in [1.165, 1.54) is 18.6 Å². The highest BCUT2D eigenvalue weighted by atomic mass is 16.6. The predicted octanol–water partition coefficient (Wildman–Crippen LogP) is 2.29. The first-order chi connectivity index (χ1) is 11.0. The summed E-state index contributed by atoms with van der Waals surface area (Å²) >= 11 is 0. The lowest BCUT2D eigenvalue weighted by Crippen LogP contribution is -2.37. The zero-order chi connectivity index (χ0) is 16.8. The topological polar surface area (TPSA) is 69.8 Å². The predicted molar refractivity (Wildman–Crippen MR) is 90.4 cm³/mol. The van der Waals surface area contributed by atoms with Crippen LogP contribution >= 0.6 is 0 Å². The van der Waals surface area contributed by atoms with E-state index in [1.54, 1.807) is 12.1 Å². The highest BCUT2D eigenvalue weighted by molar-refractivity contribution is 5.35. The first-order valence-corrected chi connectivity index (χ1v) is 8.25. The second kappa shape index (κ2) is 8.38. The fraction of sp³-hybridized carbons (Fsp3) is 0.647. The molecule has 128 valence electrons. The van der Waals surface area contributed by atoms with Gasteiger partial charge in [-0.1, -0.05) is 12.1 Å². The Morgan fingerprint density at radius 2 is 2.09 bits per heavy atom. The molecule has 6 nitrogen and oxygen atoms in total. The average Bonchev–Trinajstić information content (AvgIpc) is 2.54. The van der Waals surface area contributed by atoms with Crippen molar-refractivity contribution in [2.45, 2.75) is 25.4 Å². The molecule has 0 amide bonds. The summed E-state index contributed by atoms with van der Waals surface area (Å²) in [6.45, 7) is 3.65. The van der Waals surface area contributed by atoms with Crippen LogP contribution in [0, 0.1) is 16.0 Å². The number of rotatable bonds is 7. The molecule has 1 saturated heterocycles. The van der Waals surface area contributed by atoms with Gasteiger partial charge in [-0.3, -0.25) is 10.1 Å². The van der Waals surface area contributed by atoms with E-state index >= 15 is 0 Å². The number of aliphatic hydroxyl groups is 1. The molecule has 0 saturated carbocycles. The highest BCUT2D eigenvalue weighted by Gasteiger charge is 2.22. The van der Waals surface area contributed by atoms with Gasteiger partial charge < -0.3 is 14.9 Å². The fourth-order valence-electron chi connectivity index (χ4n) is 3.09. The SMILES string of the molecule is CN(C)CCC1CCN(CC(O)c2cccc([N+](=O)[O-])c2)CC1. The maximum Gasteiger partial charge on any atom is 0.269 e. The molecule has 23 heavy (non-hydrogen) atoms. The molecule has 1 aliphatic rings. The molecular formula is C17H27N3O3. The molecule has 0 aromatic heterocycles. The summed E-state index contributed by atoms with van der Waals surface area (Å²) in [6, 6.07) is 6.30. The third-order valence-electron chi connectivity index (χ3n) is 4.59. The van der Waals surface area contributed by atoms with E-state index in [-0.39, 0.29) is 5.69 Å². The Kier molecular flexibility index (Phi) is 6.50. The zero-order valence-corrected chi connectivity index (χ0v) is 14.0. The maximum atomic E-state index is 10.8. The number of nitro groups is 1. The van der Waals surface area contributed by atoms with Gasteiger partial charge in [0.25, 0.3) is 5.69 Å². The van der Waals surface area contributed by atoms with E-state index < -0.39 is 11.0 Å². The average molecular weight is 321 g/mol. The lowest BCUT2D eigenvalue weighted by Gasteiger charge is -2.33. The van der Waals surface area contributed by atoms with Crippen molar-refractivity contribution in [1.29, 1.82) is 0 Å². The van der Waals surface area contributed by atoms with Gasteiger partial charge in [0.05, 0.1) is 11.0 Å². The third-order valence-corrected chi connectivity index (χ3v) is 4.59. The Balaban J connectivity index is 1.81. The second-order valence-electron chi connectivity index (χ2n) is 6.70. The van der Waals surface area contributed by atoms with Crippen molar-refractivity contribution < 1.29 is 10.0 Å². The van der Waals surface area contributed by atoms with Crippen LogP contribution < -0.4 is 0 Å². The standard InChI is InChI=1S/C17H27N3O3/c1-18(2)9-6-14-7-10-19(11-8-14)13-17(21)15-4-3-5-16(12-15)20(22)23/h3-5,12,14,17,21H,6-11,13H2,1-2H3. The molecule has 1 aromatic carbocycles. The van der Waals surface area contributed by atoms with Crippen LogP contribution in [-0.4, -0.2) is 60.1 Å². The van der Waals surface area contributed by atoms with Crippen molar-refractivity contribution in [3.8, 4) is 0 Å². The molecule has 6 heteroatoms. The van der Waals surface area contributed by atoms with Crippen molar-refractivity contribution in [3.05, 3.63) is 39.9 Å². The summed E-state index contributed by atoms with van der Waals surface area (Å²) in [6.07, 6.45) is 2.88. The number of aliphatic hydroxyl groups excluding tert-OH is 1. The summed E-state index contributed by atoms with van der Waals surface area (Å²) < 4.78 is 0.